The van der Waals surface area contributed by atoms with Gasteiger partial charge in [0, 0.05) is 67.2 Å². The van der Waals surface area contributed by atoms with Gasteiger partial charge in [0.05, 0.1) is 13.7 Å². The lowest BCUT2D eigenvalue weighted by Gasteiger charge is -2.38. The second kappa shape index (κ2) is 31.1. The fraction of sp³-hybridized carbons (Fsp3) is 0.723. The minimum absolute atomic E-state index is 0.103. The first-order valence-corrected chi connectivity index (χ1v) is 21.9. The molecule has 0 bridgehead atoms. The van der Waals surface area contributed by atoms with Crippen molar-refractivity contribution in [3.05, 3.63) is 46.9 Å². The maximum absolute atomic E-state index is 6.45. The maximum atomic E-state index is 6.45. The highest BCUT2D eigenvalue weighted by atomic mass is 16.5. The van der Waals surface area contributed by atoms with Crippen LogP contribution in [-0.2, 0) is 0 Å². The van der Waals surface area contributed by atoms with Crippen LogP contribution in [0.2, 0.25) is 0 Å². The van der Waals surface area contributed by atoms with Crippen LogP contribution in [0.1, 0.15) is 164 Å². The number of nitrogens with two attached hydrogens (primary N) is 1. The molecule has 2 fully saturated rings. The highest BCUT2D eigenvalue weighted by Crippen LogP contribution is 2.32. The third-order valence-corrected chi connectivity index (χ3v) is 10.8. The van der Waals surface area contributed by atoms with Gasteiger partial charge in [0.2, 0.25) is 0 Å². The van der Waals surface area contributed by atoms with E-state index < -0.39 is 0 Å². The first-order chi connectivity index (χ1) is 26.5. The zero-order valence-electron chi connectivity index (χ0n) is 38.1. The fourth-order valence-corrected chi connectivity index (χ4v) is 7.18. The number of ether oxygens (including phenoxy) is 1. The van der Waals surface area contributed by atoms with Crippen LogP contribution in [0.3, 0.4) is 0 Å². The van der Waals surface area contributed by atoms with Crippen molar-refractivity contribution in [2.75, 3.05) is 59.2 Å². The summed E-state index contributed by atoms with van der Waals surface area (Å²) in [5, 5.41) is 10.8. The van der Waals surface area contributed by atoms with Crippen LogP contribution in [0.25, 0.3) is 0 Å². The molecule has 2 aliphatic rings. The number of terminal acetylenes is 1. The molecule has 1 aliphatic heterocycles. The van der Waals surface area contributed by atoms with E-state index in [2.05, 4.69) is 125 Å². The molecule has 1 aliphatic carbocycles. The number of hydrogen-bond donors (Lipinski definition) is 4. The van der Waals surface area contributed by atoms with Crippen LogP contribution in [0.4, 0.5) is 5.69 Å². The van der Waals surface area contributed by atoms with Gasteiger partial charge in [-0.15, -0.1) is 12.3 Å². The molecule has 1 heterocycles. The zero-order valence-corrected chi connectivity index (χ0v) is 38.1. The van der Waals surface area contributed by atoms with Gasteiger partial charge in [0.25, 0.3) is 0 Å². The first kappa shape index (κ1) is 52.0. The SMILES string of the molecule is C#CC.CC.CC/C=C(N)/C(C)=C(/NC(CCC)=NCC1(NC)CCCCC1)Nc1ccc(C(C)CC)c(OC)c1.CCCC(CCC)N1CCN(C)CC1. The van der Waals surface area contributed by atoms with Gasteiger partial charge >= 0.3 is 0 Å². The van der Waals surface area contributed by atoms with Crippen molar-refractivity contribution < 1.29 is 4.74 Å². The topological polar surface area (TPSA) is 90.2 Å². The average molecular weight is 766 g/mol. The van der Waals surface area contributed by atoms with E-state index >= 15 is 0 Å². The second-order valence-corrected chi connectivity index (χ2v) is 15.0. The summed E-state index contributed by atoms with van der Waals surface area (Å²) in [6.45, 7) is 26.9. The fourth-order valence-electron chi connectivity index (χ4n) is 7.18. The minimum Gasteiger partial charge on any atom is -0.496 e. The van der Waals surface area contributed by atoms with E-state index in [9.17, 15) is 0 Å². The highest BCUT2D eigenvalue weighted by Gasteiger charge is 2.30. The van der Waals surface area contributed by atoms with Gasteiger partial charge < -0.3 is 31.3 Å². The Morgan fingerprint density at radius 3 is 2.11 bits per heavy atom. The molecule has 1 saturated carbocycles. The average Bonchev–Trinajstić information content (AvgIpc) is 3.21. The van der Waals surface area contributed by atoms with Crippen molar-refractivity contribution in [1.29, 1.82) is 0 Å². The smallest absolute Gasteiger partial charge is 0.124 e. The third kappa shape index (κ3) is 19.6. The van der Waals surface area contributed by atoms with Gasteiger partial charge in [-0.1, -0.05) is 99.6 Å². The summed E-state index contributed by atoms with van der Waals surface area (Å²) in [5.74, 6) is 5.45. The van der Waals surface area contributed by atoms with Crippen LogP contribution < -0.4 is 26.4 Å². The molecule has 1 saturated heterocycles. The Hall–Kier alpha value is -2.99. The van der Waals surface area contributed by atoms with E-state index in [1.807, 2.05) is 13.8 Å². The molecule has 0 aromatic heterocycles. The summed E-state index contributed by atoms with van der Waals surface area (Å²) in [4.78, 5) is 10.3. The van der Waals surface area contributed by atoms with Gasteiger partial charge in [-0.05, 0) is 90.4 Å². The van der Waals surface area contributed by atoms with E-state index in [4.69, 9.17) is 15.5 Å². The molecular weight excluding hydrogens is 679 g/mol. The minimum atomic E-state index is 0.103. The molecule has 1 atom stereocenters. The van der Waals surface area contributed by atoms with Crippen LogP contribution in [0, 0.1) is 12.3 Å². The Morgan fingerprint density at radius 2 is 1.62 bits per heavy atom. The monoisotopic (exact) mass is 766 g/mol. The van der Waals surface area contributed by atoms with Gasteiger partial charge in [-0.25, -0.2) is 0 Å². The molecule has 0 amide bonds. The summed E-state index contributed by atoms with van der Waals surface area (Å²) in [7, 11) is 6.05. The number of nitrogens with one attached hydrogen (secondary N) is 3. The van der Waals surface area contributed by atoms with Crippen LogP contribution in [0.15, 0.2) is 46.4 Å². The lowest BCUT2D eigenvalue weighted by Crippen LogP contribution is -2.48. The summed E-state index contributed by atoms with van der Waals surface area (Å²) in [6.07, 6.45) is 22.2. The lowest BCUT2D eigenvalue weighted by molar-refractivity contribution is 0.101. The summed E-state index contributed by atoms with van der Waals surface area (Å²) < 4.78 is 5.74. The Morgan fingerprint density at radius 1 is 1.02 bits per heavy atom. The van der Waals surface area contributed by atoms with Gasteiger partial charge in [0.1, 0.15) is 17.4 Å². The number of rotatable bonds is 18. The summed E-state index contributed by atoms with van der Waals surface area (Å²) in [5.41, 5.74) is 10.5. The van der Waals surface area contributed by atoms with Crippen molar-refractivity contribution >= 4 is 11.5 Å². The Labute approximate surface area is 341 Å². The standard InChI is InChI=1S/C30H51N5O.C12H26N2.C3H4.C2H6/c1-8-14-26(31)23(5)29(34-24-16-17-25(22(4)10-3)27(20-24)36-7)35-28(15-9-2)33-21-30(32-6)18-12-11-13-19-30;1-4-6-12(7-5-2)14-10-8-13(3)9-11-14;1-3-2;1-2/h14,16-17,20,22,32,34H,8-13,15,18-19,21,31H2,1-7H3,(H,33,35);12H,4-11H2,1-3H3;1H,2H3;1-2H3/b26-14-,29-23+;;;. The van der Waals surface area contributed by atoms with Crippen molar-refractivity contribution in [3.63, 3.8) is 0 Å². The number of aliphatic imine (C=N–C) groups is 1. The third-order valence-electron chi connectivity index (χ3n) is 10.8. The highest BCUT2D eigenvalue weighted by molar-refractivity contribution is 5.84. The zero-order chi connectivity index (χ0) is 41.6. The van der Waals surface area contributed by atoms with Crippen molar-refractivity contribution in [3.8, 4) is 18.1 Å². The number of likely N-dealkylation sites (N-methyl/N-ethyl adjacent to an activating group) is 2. The van der Waals surface area contributed by atoms with E-state index in [0.717, 1.165) is 72.6 Å². The molecule has 5 N–H and O–H groups in total. The summed E-state index contributed by atoms with van der Waals surface area (Å²) in [6, 6.07) is 7.21. The van der Waals surface area contributed by atoms with Crippen LogP contribution in [0.5, 0.6) is 5.75 Å². The molecule has 316 valence electrons. The normalized spacial score (nSPS) is 17.2. The molecule has 8 nitrogen and oxygen atoms in total. The number of allylic oxidation sites excluding steroid dienone is 2. The van der Waals surface area contributed by atoms with E-state index in [0.29, 0.717) is 5.92 Å². The summed E-state index contributed by atoms with van der Waals surface area (Å²) >= 11 is 0. The van der Waals surface area contributed by atoms with E-state index in [1.165, 1.54) is 89.5 Å². The van der Waals surface area contributed by atoms with E-state index in [1.54, 1.807) is 14.0 Å². The Bertz CT molecular complexity index is 1260. The Balaban J connectivity index is 0.00000127. The molecule has 3 rings (SSSR count). The van der Waals surface area contributed by atoms with Gasteiger partial charge in [-0.2, -0.15) is 0 Å². The molecule has 1 aromatic carbocycles. The number of nitrogens with zero attached hydrogens (tertiary/aromatic N) is 3. The van der Waals surface area contributed by atoms with Crippen LogP contribution in [-0.4, -0.2) is 81.1 Å². The Kier molecular flexibility index (Phi) is 29.4. The molecule has 1 aromatic rings. The first-order valence-electron chi connectivity index (χ1n) is 21.9. The quantitative estimate of drug-likeness (QED) is 0.0512. The molecule has 8 heteroatoms. The number of piperazine rings is 1. The van der Waals surface area contributed by atoms with Crippen molar-refractivity contribution in [2.24, 2.45) is 10.7 Å². The predicted octanol–water partition coefficient (Wildman–Crippen LogP) is 10.7. The number of methoxy groups -OCH3 is 1. The van der Waals surface area contributed by atoms with Gasteiger partial charge in [-0.3, -0.25) is 9.89 Å². The number of benzene rings is 1. The molecular formula is C47H87N7O. The molecule has 0 radical (unpaired) electrons. The number of hydrogen-bond acceptors (Lipinski definition) is 7. The largest absolute Gasteiger partial charge is 0.496 e. The molecule has 55 heavy (non-hydrogen) atoms. The lowest BCUT2D eigenvalue weighted by atomic mass is 9.82. The number of amidine groups is 1. The predicted molar refractivity (Wildman–Crippen MR) is 244 cm³/mol. The van der Waals surface area contributed by atoms with Crippen molar-refractivity contribution in [1.82, 2.24) is 20.4 Å². The van der Waals surface area contributed by atoms with E-state index in [-0.39, 0.29) is 5.54 Å². The number of anilines is 1. The van der Waals surface area contributed by atoms with Crippen LogP contribution >= 0.6 is 0 Å². The van der Waals surface area contributed by atoms with Crippen molar-refractivity contribution in [2.45, 2.75) is 170 Å². The van der Waals surface area contributed by atoms with Gasteiger partial charge in [0.15, 0.2) is 0 Å². The molecule has 0 spiro atoms. The maximum Gasteiger partial charge on any atom is 0.124 e. The molecule has 1 unspecified atom stereocenters. The second-order valence-electron chi connectivity index (χ2n) is 15.0.